The second kappa shape index (κ2) is 5.59. The van der Waals surface area contributed by atoms with Crippen molar-refractivity contribution in [2.24, 2.45) is 0 Å². The lowest BCUT2D eigenvalue weighted by Gasteiger charge is -2.40. The molecule has 1 aromatic carbocycles. The highest BCUT2D eigenvalue weighted by Gasteiger charge is 2.41. The average Bonchev–Trinajstić information content (AvgIpc) is 2.41. The molecule has 5 heteroatoms. The number of ether oxygens (including phenoxy) is 1. The van der Waals surface area contributed by atoms with Crippen molar-refractivity contribution in [3.63, 3.8) is 0 Å². The summed E-state index contributed by atoms with van der Waals surface area (Å²) in [6.45, 7) is 0.0215. The Bertz CT molecular complexity index is 457. The lowest BCUT2D eigenvalue weighted by atomic mass is 9.76. The van der Waals surface area contributed by atoms with Crippen molar-refractivity contribution >= 4 is 5.91 Å². The number of aliphatic hydroxyl groups excluding tert-OH is 1. The van der Waals surface area contributed by atoms with E-state index in [4.69, 9.17) is 4.74 Å². The van der Waals surface area contributed by atoms with Gasteiger partial charge in [-0.1, -0.05) is 6.07 Å². The summed E-state index contributed by atoms with van der Waals surface area (Å²) in [5.74, 6) is 0.312. The third-order valence-electron chi connectivity index (χ3n) is 3.57. The standard InChI is InChI=1S/C14H19NO4/c1-15-13(17)10-4-2-5-11(8-10)19-9-12(16)14(18)6-3-7-14/h2,4-5,8,12,16,18H,3,6-7,9H2,1H3,(H,15,17). The van der Waals surface area contributed by atoms with Crippen LogP contribution in [-0.4, -0.2) is 41.5 Å². The fraction of sp³-hybridized carbons (Fsp3) is 0.500. The predicted octanol–water partition coefficient (Wildman–Crippen LogP) is 0.701. The van der Waals surface area contributed by atoms with Gasteiger partial charge in [-0.3, -0.25) is 4.79 Å². The van der Waals surface area contributed by atoms with Gasteiger partial charge in [0.2, 0.25) is 0 Å². The molecule has 0 aromatic heterocycles. The van der Waals surface area contributed by atoms with Crippen LogP contribution in [-0.2, 0) is 0 Å². The van der Waals surface area contributed by atoms with E-state index in [1.54, 1.807) is 31.3 Å². The molecule has 1 aromatic rings. The molecule has 19 heavy (non-hydrogen) atoms. The summed E-state index contributed by atoms with van der Waals surface area (Å²) in [6.07, 6.45) is 1.25. The van der Waals surface area contributed by atoms with E-state index in [2.05, 4.69) is 5.32 Å². The number of nitrogens with one attached hydrogen (secondary N) is 1. The van der Waals surface area contributed by atoms with Crippen LogP contribution in [0.2, 0.25) is 0 Å². The molecule has 1 aliphatic rings. The summed E-state index contributed by atoms with van der Waals surface area (Å²) in [4.78, 5) is 11.5. The SMILES string of the molecule is CNC(=O)c1cccc(OCC(O)C2(O)CCC2)c1. The quantitative estimate of drug-likeness (QED) is 0.732. The molecule has 0 radical (unpaired) electrons. The van der Waals surface area contributed by atoms with Crippen LogP contribution in [0.25, 0.3) is 0 Å². The lowest BCUT2D eigenvalue weighted by molar-refractivity contribution is -0.136. The van der Waals surface area contributed by atoms with Crippen LogP contribution in [0, 0.1) is 0 Å². The Balaban J connectivity index is 1.94. The molecule has 0 heterocycles. The molecular formula is C14H19NO4. The molecule has 104 valence electrons. The largest absolute Gasteiger partial charge is 0.491 e. The van der Waals surface area contributed by atoms with Gasteiger partial charge in [0.05, 0.1) is 5.60 Å². The van der Waals surface area contributed by atoms with Crippen molar-refractivity contribution in [2.75, 3.05) is 13.7 Å². The van der Waals surface area contributed by atoms with Gasteiger partial charge >= 0.3 is 0 Å². The fourth-order valence-electron chi connectivity index (χ4n) is 2.07. The maximum absolute atomic E-state index is 11.5. The van der Waals surface area contributed by atoms with Gasteiger partial charge in [0.1, 0.15) is 18.5 Å². The Kier molecular flexibility index (Phi) is 4.07. The van der Waals surface area contributed by atoms with Gasteiger partial charge in [-0.25, -0.2) is 0 Å². The minimum atomic E-state index is -1.00. The molecule has 1 amide bonds. The molecule has 0 saturated heterocycles. The zero-order valence-electron chi connectivity index (χ0n) is 10.9. The number of benzene rings is 1. The summed E-state index contributed by atoms with van der Waals surface area (Å²) in [5, 5.41) is 22.3. The summed E-state index contributed by atoms with van der Waals surface area (Å²) in [5.41, 5.74) is -0.505. The third kappa shape index (κ3) is 3.05. The molecule has 1 fully saturated rings. The van der Waals surface area contributed by atoms with Crippen LogP contribution in [0.5, 0.6) is 5.75 Å². The number of aliphatic hydroxyl groups is 2. The van der Waals surface area contributed by atoms with E-state index in [0.29, 0.717) is 24.2 Å². The molecule has 5 nitrogen and oxygen atoms in total. The first-order valence-electron chi connectivity index (χ1n) is 6.40. The van der Waals surface area contributed by atoms with E-state index < -0.39 is 11.7 Å². The van der Waals surface area contributed by atoms with Crippen molar-refractivity contribution in [3.05, 3.63) is 29.8 Å². The maximum atomic E-state index is 11.5. The van der Waals surface area contributed by atoms with Gasteiger partial charge in [-0.15, -0.1) is 0 Å². The maximum Gasteiger partial charge on any atom is 0.251 e. The highest BCUT2D eigenvalue weighted by Crippen LogP contribution is 2.34. The number of carbonyl (C=O) groups is 1. The second-order valence-corrected chi connectivity index (χ2v) is 4.89. The minimum Gasteiger partial charge on any atom is -0.491 e. The zero-order chi connectivity index (χ0) is 13.9. The van der Waals surface area contributed by atoms with Crippen molar-refractivity contribution in [2.45, 2.75) is 31.0 Å². The summed E-state index contributed by atoms with van der Waals surface area (Å²) in [6, 6.07) is 6.71. The molecule has 0 bridgehead atoms. The first-order chi connectivity index (χ1) is 9.05. The summed E-state index contributed by atoms with van der Waals surface area (Å²) < 4.78 is 5.44. The molecule has 1 unspecified atom stereocenters. The van der Waals surface area contributed by atoms with E-state index in [0.717, 1.165) is 6.42 Å². The van der Waals surface area contributed by atoms with Crippen LogP contribution >= 0.6 is 0 Å². The van der Waals surface area contributed by atoms with Gasteiger partial charge in [-0.2, -0.15) is 0 Å². The summed E-state index contributed by atoms with van der Waals surface area (Å²) in [7, 11) is 1.56. The smallest absolute Gasteiger partial charge is 0.251 e. The van der Waals surface area contributed by atoms with Gasteiger partial charge in [-0.05, 0) is 37.5 Å². The molecule has 3 N–H and O–H groups in total. The molecule has 2 rings (SSSR count). The van der Waals surface area contributed by atoms with Crippen molar-refractivity contribution < 1.29 is 19.7 Å². The Morgan fingerprint density at radius 2 is 2.26 bits per heavy atom. The number of rotatable bonds is 5. The van der Waals surface area contributed by atoms with Gasteiger partial charge < -0.3 is 20.3 Å². The van der Waals surface area contributed by atoms with Crippen molar-refractivity contribution in [1.29, 1.82) is 0 Å². The van der Waals surface area contributed by atoms with Gasteiger partial charge in [0.25, 0.3) is 5.91 Å². The Morgan fingerprint density at radius 1 is 1.53 bits per heavy atom. The highest BCUT2D eigenvalue weighted by molar-refractivity contribution is 5.94. The molecular weight excluding hydrogens is 246 g/mol. The predicted molar refractivity (Wildman–Crippen MR) is 70.1 cm³/mol. The minimum absolute atomic E-state index is 0.0215. The van der Waals surface area contributed by atoms with Gasteiger partial charge in [0, 0.05) is 12.6 Å². The Morgan fingerprint density at radius 3 is 2.84 bits per heavy atom. The molecule has 0 spiro atoms. The zero-order valence-corrected chi connectivity index (χ0v) is 10.9. The molecule has 1 atom stereocenters. The Hall–Kier alpha value is -1.59. The fourth-order valence-corrected chi connectivity index (χ4v) is 2.07. The number of amides is 1. The average molecular weight is 265 g/mol. The highest BCUT2D eigenvalue weighted by atomic mass is 16.5. The monoisotopic (exact) mass is 265 g/mol. The van der Waals surface area contributed by atoms with Crippen LogP contribution in [0.1, 0.15) is 29.6 Å². The van der Waals surface area contributed by atoms with E-state index in [9.17, 15) is 15.0 Å². The summed E-state index contributed by atoms with van der Waals surface area (Å²) >= 11 is 0. The second-order valence-electron chi connectivity index (χ2n) is 4.89. The first kappa shape index (κ1) is 13.8. The van der Waals surface area contributed by atoms with Crippen LogP contribution < -0.4 is 10.1 Å². The molecule has 0 aliphatic heterocycles. The first-order valence-corrected chi connectivity index (χ1v) is 6.40. The van der Waals surface area contributed by atoms with Crippen molar-refractivity contribution in [1.82, 2.24) is 5.32 Å². The normalized spacial score (nSPS) is 18.3. The van der Waals surface area contributed by atoms with Crippen molar-refractivity contribution in [3.8, 4) is 5.75 Å². The van der Waals surface area contributed by atoms with Crippen LogP contribution in [0.3, 0.4) is 0 Å². The van der Waals surface area contributed by atoms with Crippen LogP contribution in [0.15, 0.2) is 24.3 Å². The molecule has 1 saturated carbocycles. The Labute approximate surface area is 112 Å². The van der Waals surface area contributed by atoms with Crippen LogP contribution in [0.4, 0.5) is 0 Å². The third-order valence-corrected chi connectivity index (χ3v) is 3.57. The van der Waals surface area contributed by atoms with E-state index in [1.165, 1.54) is 0 Å². The van der Waals surface area contributed by atoms with E-state index in [-0.39, 0.29) is 12.5 Å². The topological polar surface area (TPSA) is 78.8 Å². The molecule has 1 aliphatic carbocycles. The number of hydrogen-bond acceptors (Lipinski definition) is 4. The van der Waals surface area contributed by atoms with E-state index in [1.807, 2.05) is 0 Å². The lowest BCUT2D eigenvalue weighted by Crippen LogP contribution is -2.50. The van der Waals surface area contributed by atoms with E-state index >= 15 is 0 Å². The number of carbonyl (C=O) groups excluding carboxylic acids is 1. The van der Waals surface area contributed by atoms with Gasteiger partial charge in [0.15, 0.2) is 0 Å². The number of hydrogen-bond donors (Lipinski definition) is 3.